The van der Waals surface area contributed by atoms with Gasteiger partial charge in [0.25, 0.3) is 0 Å². The van der Waals surface area contributed by atoms with Gasteiger partial charge in [0, 0.05) is 25.6 Å². The van der Waals surface area contributed by atoms with Gasteiger partial charge in [-0.1, -0.05) is 0 Å². The second kappa shape index (κ2) is 4.12. The number of hydrogen-bond donors (Lipinski definition) is 1. The number of carboxylic acid groups (broad SMARTS) is 1. The largest absolute Gasteiger partial charge is 0.480 e. The molecule has 0 saturated carbocycles. The van der Waals surface area contributed by atoms with Crippen molar-refractivity contribution in [3.05, 3.63) is 12.0 Å². The van der Waals surface area contributed by atoms with Gasteiger partial charge in [-0.05, 0) is 12.8 Å². The molecule has 18 heavy (non-hydrogen) atoms. The third kappa shape index (κ3) is 1.77. The van der Waals surface area contributed by atoms with Crippen molar-refractivity contribution in [1.29, 1.82) is 0 Å². The molecule has 96 valence electrons. The summed E-state index contributed by atoms with van der Waals surface area (Å²) >= 11 is 0. The summed E-state index contributed by atoms with van der Waals surface area (Å²) in [6, 6.07) is -0.506. The monoisotopic (exact) mass is 249 g/mol. The van der Waals surface area contributed by atoms with E-state index in [1.165, 1.54) is 0 Å². The Kier molecular flexibility index (Phi) is 2.57. The van der Waals surface area contributed by atoms with Crippen LogP contribution in [0.15, 0.2) is 6.20 Å². The van der Waals surface area contributed by atoms with Gasteiger partial charge in [-0.3, -0.25) is 4.79 Å². The highest BCUT2D eigenvalue weighted by Crippen LogP contribution is 2.28. The van der Waals surface area contributed by atoms with Crippen LogP contribution in [0.1, 0.15) is 31.1 Å². The van der Waals surface area contributed by atoms with E-state index in [4.69, 9.17) is 0 Å². The number of ketones is 1. The molecular formula is C12H15N3O3. The van der Waals surface area contributed by atoms with Gasteiger partial charge in [0.1, 0.15) is 17.7 Å². The Morgan fingerprint density at radius 1 is 1.44 bits per heavy atom. The number of carbonyl (C=O) groups excluding carboxylic acids is 1. The van der Waals surface area contributed by atoms with E-state index in [0.717, 1.165) is 24.5 Å². The van der Waals surface area contributed by atoms with E-state index in [-0.39, 0.29) is 5.78 Å². The van der Waals surface area contributed by atoms with Crippen molar-refractivity contribution in [2.24, 2.45) is 0 Å². The van der Waals surface area contributed by atoms with E-state index in [9.17, 15) is 14.7 Å². The number of rotatable bonds is 2. The first kappa shape index (κ1) is 11.3. The molecule has 2 aliphatic heterocycles. The summed E-state index contributed by atoms with van der Waals surface area (Å²) in [5, 5.41) is 9.19. The smallest absolute Gasteiger partial charge is 0.326 e. The van der Waals surface area contributed by atoms with E-state index in [1.54, 1.807) is 10.8 Å². The molecule has 1 unspecified atom stereocenters. The Morgan fingerprint density at radius 3 is 2.94 bits per heavy atom. The average Bonchev–Trinajstić information content (AvgIpc) is 2.93. The number of Topliss-reactive ketones (excluding diaryl/α,β-unsaturated/α-hetero) is 1. The first-order valence-electron chi connectivity index (χ1n) is 6.22. The number of anilines is 1. The van der Waals surface area contributed by atoms with E-state index in [2.05, 4.69) is 4.98 Å². The fourth-order valence-corrected chi connectivity index (χ4v) is 2.69. The lowest BCUT2D eigenvalue weighted by Gasteiger charge is -2.20. The highest BCUT2D eigenvalue weighted by atomic mass is 16.4. The van der Waals surface area contributed by atoms with Crippen LogP contribution in [0.5, 0.6) is 0 Å². The van der Waals surface area contributed by atoms with Crippen LogP contribution in [0, 0.1) is 0 Å². The average molecular weight is 249 g/mol. The number of carbonyl (C=O) groups is 2. The summed E-state index contributed by atoms with van der Waals surface area (Å²) in [5.41, 5.74) is 0. The molecule has 0 radical (unpaired) electrons. The number of aromatic nitrogens is 2. The van der Waals surface area contributed by atoms with Crippen LogP contribution in [0.2, 0.25) is 0 Å². The van der Waals surface area contributed by atoms with Crippen LogP contribution in [0.4, 0.5) is 5.82 Å². The highest BCUT2D eigenvalue weighted by molar-refractivity contribution is 5.86. The zero-order valence-electron chi connectivity index (χ0n) is 10.0. The first-order chi connectivity index (χ1) is 8.65. The van der Waals surface area contributed by atoms with E-state index < -0.39 is 12.0 Å². The van der Waals surface area contributed by atoms with Gasteiger partial charge in [0.15, 0.2) is 5.78 Å². The molecule has 1 saturated heterocycles. The summed E-state index contributed by atoms with van der Waals surface area (Å²) in [7, 11) is 0. The topological polar surface area (TPSA) is 75.4 Å². The van der Waals surface area contributed by atoms with Crippen LogP contribution < -0.4 is 4.90 Å². The molecular weight excluding hydrogens is 234 g/mol. The highest BCUT2D eigenvalue weighted by Gasteiger charge is 2.29. The predicted octanol–water partition coefficient (Wildman–Crippen LogP) is 0.624. The molecule has 0 spiro atoms. The Balaban J connectivity index is 1.91. The maximum Gasteiger partial charge on any atom is 0.326 e. The molecule has 0 bridgehead atoms. The van der Waals surface area contributed by atoms with Gasteiger partial charge < -0.3 is 14.6 Å². The number of imidazole rings is 1. The summed E-state index contributed by atoms with van der Waals surface area (Å²) in [6.45, 7) is 1.08. The molecule has 2 aliphatic rings. The molecule has 1 atom stereocenters. The summed E-state index contributed by atoms with van der Waals surface area (Å²) < 4.78 is 1.75. The first-order valence-corrected chi connectivity index (χ1v) is 6.22. The normalized spacial score (nSPS) is 23.2. The molecule has 1 N–H and O–H groups in total. The number of aliphatic carboxylic acids is 1. The molecule has 3 rings (SSSR count). The molecule has 6 heteroatoms. The van der Waals surface area contributed by atoms with Crippen LogP contribution in [0.25, 0.3) is 0 Å². The lowest BCUT2D eigenvalue weighted by molar-refractivity contribution is -0.141. The van der Waals surface area contributed by atoms with Crippen LogP contribution in [-0.4, -0.2) is 39.5 Å². The van der Waals surface area contributed by atoms with Crippen LogP contribution in [0.3, 0.4) is 0 Å². The third-order valence-electron chi connectivity index (χ3n) is 3.65. The number of fused-ring (bicyclic) bond motifs is 1. The predicted molar refractivity (Wildman–Crippen MR) is 63.7 cm³/mol. The molecule has 1 fully saturated rings. The molecule has 1 aromatic heterocycles. The van der Waals surface area contributed by atoms with Crippen molar-refractivity contribution >= 4 is 17.6 Å². The van der Waals surface area contributed by atoms with Gasteiger partial charge in [-0.2, -0.15) is 0 Å². The van der Waals surface area contributed by atoms with Gasteiger partial charge in [0.2, 0.25) is 0 Å². The summed E-state index contributed by atoms with van der Waals surface area (Å²) in [5.74, 6) is 0.972. The second-order valence-corrected chi connectivity index (χ2v) is 4.88. The minimum atomic E-state index is -0.808. The van der Waals surface area contributed by atoms with E-state index in [0.29, 0.717) is 25.9 Å². The maximum absolute atomic E-state index is 11.3. The molecule has 3 heterocycles. The van der Waals surface area contributed by atoms with Crippen molar-refractivity contribution in [2.45, 2.75) is 31.7 Å². The fourth-order valence-electron chi connectivity index (χ4n) is 2.69. The number of aryl methyl sites for hydroxylation is 1. The number of nitrogens with zero attached hydrogens (tertiary/aromatic N) is 3. The number of hydrogen-bond acceptors (Lipinski definition) is 4. The standard InChI is InChI=1S/C12H15N3O3/c16-8-4-5-14(6-8)11-7-15-9(12(17)18)2-1-3-10(15)13-11/h7,9H,1-6H2,(H,17,18). The molecule has 6 nitrogen and oxygen atoms in total. The molecule has 1 aromatic rings. The van der Waals surface area contributed by atoms with Gasteiger partial charge in [0.05, 0.1) is 6.54 Å². The van der Waals surface area contributed by atoms with Gasteiger partial charge in [-0.15, -0.1) is 0 Å². The second-order valence-electron chi connectivity index (χ2n) is 4.88. The van der Waals surface area contributed by atoms with Crippen LogP contribution >= 0.6 is 0 Å². The van der Waals surface area contributed by atoms with Gasteiger partial charge >= 0.3 is 5.97 Å². The number of carboxylic acids is 1. The van der Waals surface area contributed by atoms with Crippen molar-refractivity contribution in [3.63, 3.8) is 0 Å². The third-order valence-corrected chi connectivity index (χ3v) is 3.65. The van der Waals surface area contributed by atoms with Crippen molar-refractivity contribution in [2.75, 3.05) is 18.0 Å². The Hall–Kier alpha value is -1.85. The van der Waals surface area contributed by atoms with E-state index >= 15 is 0 Å². The lowest BCUT2D eigenvalue weighted by atomic mass is 10.1. The Bertz CT molecular complexity index is 509. The minimum absolute atomic E-state index is 0.218. The van der Waals surface area contributed by atoms with Crippen LogP contribution in [-0.2, 0) is 16.0 Å². The fraction of sp³-hybridized carbons (Fsp3) is 0.583. The Labute approximate surface area is 104 Å². The van der Waals surface area contributed by atoms with Gasteiger partial charge in [-0.25, -0.2) is 9.78 Å². The van der Waals surface area contributed by atoms with E-state index in [1.807, 2.05) is 4.90 Å². The molecule has 0 aliphatic carbocycles. The molecule has 0 aromatic carbocycles. The minimum Gasteiger partial charge on any atom is -0.480 e. The lowest BCUT2D eigenvalue weighted by Crippen LogP contribution is -2.24. The maximum atomic E-state index is 11.3. The molecule has 0 amide bonds. The zero-order valence-corrected chi connectivity index (χ0v) is 10.0. The van der Waals surface area contributed by atoms with Crippen molar-refractivity contribution in [1.82, 2.24) is 9.55 Å². The quantitative estimate of drug-likeness (QED) is 0.831. The zero-order chi connectivity index (χ0) is 12.7. The van der Waals surface area contributed by atoms with Crippen molar-refractivity contribution in [3.8, 4) is 0 Å². The Morgan fingerprint density at radius 2 is 2.28 bits per heavy atom. The summed E-state index contributed by atoms with van der Waals surface area (Å²) in [6.07, 6.45) is 4.66. The van der Waals surface area contributed by atoms with Crippen molar-refractivity contribution < 1.29 is 14.7 Å². The summed E-state index contributed by atoms with van der Waals surface area (Å²) in [4.78, 5) is 28.9. The SMILES string of the molecule is O=C1CCN(c2cn3c(n2)CCCC3C(=O)O)C1.